The third-order valence-corrected chi connectivity index (χ3v) is 6.03. The highest BCUT2D eigenvalue weighted by atomic mass is 32.1. The van der Waals surface area contributed by atoms with Gasteiger partial charge in [0, 0.05) is 23.1 Å². The minimum absolute atomic E-state index is 0.0986. The molecule has 1 aliphatic rings. The highest BCUT2D eigenvalue weighted by Crippen LogP contribution is 2.23. The summed E-state index contributed by atoms with van der Waals surface area (Å²) in [7, 11) is 0. The van der Waals surface area contributed by atoms with E-state index in [0.29, 0.717) is 22.6 Å². The minimum Gasteiger partial charge on any atom is -0.391 e. The second-order valence-electron chi connectivity index (χ2n) is 5.88. The lowest BCUT2D eigenvalue weighted by molar-refractivity contribution is 0.213. The molecule has 0 spiro atoms. The number of benzene rings is 1. The highest BCUT2D eigenvalue weighted by molar-refractivity contribution is 7.17. The molecule has 4 rings (SSSR count). The number of thiazole rings is 1. The van der Waals surface area contributed by atoms with Crippen LogP contribution < -0.4 is 4.80 Å². The Morgan fingerprint density at radius 1 is 1.40 bits per heavy atom. The zero-order valence-corrected chi connectivity index (χ0v) is 14.9. The number of nitrogens with zero attached hydrogens (tertiary/aromatic N) is 3. The number of alkyl halides is 1. The van der Waals surface area contributed by atoms with Gasteiger partial charge in [0.15, 0.2) is 4.80 Å². The number of hydrogen-bond donors (Lipinski definition) is 1. The van der Waals surface area contributed by atoms with E-state index in [1.54, 1.807) is 22.1 Å². The lowest BCUT2D eigenvalue weighted by Gasteiger charge is -2.10. The summed E-state index contributed by atoms with van der Waals surface area (Å²) in [6.45, 7) is 0.370. The standard InChI is InChI=1S/C17H16FN3O2S2/c18-12-3-5-20(8-12)16(23)19-17-21(9-14(10-22)25-17)13-1-2-15-11(7-13)4-6-24-15/h1-2,4,6-7,9,12,22H,3,5,8,10H2/b19-17-/t12-/m1/s1. The molecule has 0 unspecified atom stereocenters. The Kier molecular flexibility index (Phi) is 4.41. The van der Waals surface area contributed by atoms with E-state index >= 15 is 0 Å². The van der Waals surface area contributed by atoms with Crippen LogP contribution in [0.25, 0.3) is 15.8 Å². The van der Waals surface area contributed by atoms with Crippen LogP contribution in [0.5, 0.6) is 0 Å². The summed E-state index contributed by atoms with van der Waals surface area (Å²) in [5.41, 5.74) is 0.873. The number of amides is 2. The Labute approximate surface area is 151 Å². The van der Waals surface area contributed by atoms with Crippen LogP contribution >= 0.6 is 22.7 Å². The predicted molar refractivity (Wildman–Crippen MR) is 97.0 cm³/mol. The van der Waals surface area contributed by atoms with Crippen molar-refractivity contribution in [2.75, 3.05) is 13.1 Å². The quantitative estimate of drug-likeness (QED) is 0.745. The van der Waals surface area contributed by atoms with Gasteiger partial charge in [-0.05, 0) is 41.5 Å². The topological polar surface area (TPSA) is 57.8 Å². The van der Waals surface area contributed by atoms with Crippen LogP contribution in [0, 0.1) is 0 Å². The second-order valence-corrected chi connectivity index (χ2v) is 7.92. The van der Waals surface area contributed by atoms with E-state index in [0.717, 1.165) is 11.1 Å². The first kappa shape index (κ1) is 16.4. The number of urea groups is 1. The van der Waals surface area contributed by atoms with Gasteiger partial charge in [-0.25, -0.2) is 9.18 Å². The molecule has 2 amide bonds. The number of likely N-dealkylation sites (tertiary alicyclic amines) is 1. The van der Waals surface area contributed by atoms with Gasteiger partial charge in [0.05, 0.1) is 18.0 Å². The number of aliphatic hydroxyl groups is 1. The molecule has 1 atom stereocenters. The summed E-state index contributed by atoms with van der Waals surface area (Å²) in [6, 6.07) is 7.62. The maximum atomic E-state index is 13.3. The fourth-order valence-corrected chi connectivity index (χ4v) is 4.48. The molecular weight excluding hydrogens is 361 g/mol. The molecule has 2 aromatic heterocycles. The lowest BCUT2D eigenvalue weighted by Crippen LogP contribution is -2.28. The van der Waals surface area contributed by atoms with Gasteiger partial charge in [-0.3, -0.25) is 4.57 Å². The zero-order chi connectivity index (χ0) is 17.4. The van der Waals surface area contributed by atoms with Crippen molar-refractivity contribution < 1.29 is 14.3 Å². The van der Waals surface area contributed by atoms with E-state index in [1.165, 1.54) is 20.9 Å². The minimum atomic E-state index is -0.969. The number of rotatable bonds is 2. The van der Waals surface area contributed by atoms with Gasteiger partial charge in [-0.1, -0.05) is 11.3 Å². The van der Waals surface area contributed by atoms with Crippen molar-refractivity contribution in [2.24, 2.45) is 4.99 Å². The van der Waals surface area contributed by atoms with Crippen molar-refractivity contribution in [3.8, 4) is 5.69 Å². The molecule has 0 bridgehead atoms. The fourth-order valence-electron chi connectivity index (χ4n) is 2.87. The molecule has 0 radical (unpaired) electrons. The Hall–Kier alpha value is -2.03. The Morgan fingerprint density at radius 2 is 2.28 bits per heavy atom. The number of aromatic nitrogens is 1. The van der Waals surface area contributed by atoms with E-state index in [4.69, 9.17) is 0 Å². The molecule has 5 nitrogen and oxygen atoms in total. The van der Waals surface area contributed by atoms with Crippen molar-refractivity contribution in [1.82, 2.24) is 9.47 Å². The monoisotopic (exact) mass is 377 g/mol. The molecule has 0 saturated carbocycles. The highest BCUT2D eigenvalue weighted by Gasteiger charge is 2.25. The Balaban J connectivity index is 1.76. The van der Waals surface area contributed by atoms with Crippen molar-refractivity contribution in [1.29, 1.82) is 0 Å². The van der Waals surface area contributed by atoms with Crippen LogP contribution in [-0.4, -0.2) is 39.9 Å². The normalized spacial score (nSPS) is 18.4. The molecule has 1 aliphatic heterocycles. The Bertz CT molecular complexity index is 991. The number of halogens is 1. The number of aliphatic hydroxyl groups excluding tert-OH is 1. The largest absolute Gasteiger partial charge is 0.391 e. The Morgan fingerprint density at radius 3 is 3.04 bits per heavy atom. The van der Waals surface area contributed by atoms with Crippen molar-refractivity contribution in [3.63, 3.8) is 0 Å². The molecule has 1 fully saturated rings. The van der Waals surface area contributed by atoms with Gasteiger partial charge in [0.2, 0.25) is 0 Å². The van der Waals surface area contributed by atoms with Crippen LogP contribution in [0.4, 0.5) is 9.18 Å². The van der Waals surface area contributed by atoms with E-state index in [2.05, 4.69) is 4.99 Å². The first-order valence-corrected chi connectivity index (χ1v) is 9.61. The van der Waals surface area contributed by atoms with Crippen LogP contribution in [0.3, 0.4) is 0 Å². The first-order chi connectivity index (χ1) is 12.1. The smallest absolute Gasteiger partial charge is 0.346 e. The molecule has 25 heavy (non-hydrogen) atoms. The maximum absolute atomic E-state index is 13.3. The SMILES string of the molecule is O=C(/N=c1\sc(CO)cn1-c1ccc2sccc2c1)N1CC[C@@H](F)C1. The summed E-state index contributed by atoms with van der Waals surface area (Å²) in [5.74, 6) is 0. The number of carbonyl (C=O) groups excluding carboxylic acids is 1. The second kappa shape index (κ2) is 6.70. The fraction of sp³-hybridized carbons (Fsp3) is 0.294. The lowest BCUT2D eigenvalue weighted by atomic mass is 10.2. The third kappa shape index (κ3) is 3.24. The first-order valence-electron chi connectivity index (χ1n) is 7.91. The molecule has 8 heteroatoms. The zero-order valence-electron chi connectivity index (χ0n) is 13.3. The summed E-state index contributed by atoms with van der Waals surface area (Å²) in [6.07, 6.45) is 1.18. The van der Waals surface area contributed by atoms with Gasteiger partial charge in [0.25, 0.3) is 0 Å². The van der Waals surface area contributed by atoms with Crippen molar-refractivity contribution in [3.05, 3.63) is 45.5 Å². The van der Waals surface area contributed by atoms with Gasteiger partial charge >= 0.3 is 6.03 Å². The van der Waals surface area contributed by atoms with Crippen molar-refractivity contribution >= 4 is 38.8 Å². The van der Waals surface area contributed by atoms with Gasteiger partial charge in [-0.15, -0.1) is 11.3 Å². The summed E-state index contributed by atoms with van der Waals surface area (Å²) >= 11 is 2.92. The van der Waals surface area contributed by atoms with Crippen LogP contribution in [0.2, 0.25) is 0 Å². The third-order valence-electron chi connectivity index (χ3n) is 4.16. The number of thiophene rings is 1. The van der Waals surface area contributed by atoms with E-state index in [1.807, 2.05) is 29.6 Å². The predicted octanol–water partition coefficient (Wildman–Crippen LogP) is 3.31. The number of fused-ring (bicyclic) bond motifs is 1. The average Bonchev–Trinajstić information content (AvgIpc) is 3.32. The molecular formula is C17H16FN3O2S2. The molecule has 0 aliphatic carbocycles. The molecule has 3 heterocycles. The summed E-state index contributed by atoms with van der Waals surface area (Å²) in [4.78, 5) is 19.1. The molecule has 3 aromatic rings. The van der Waals surface area contributed by atoms with Gasteiger partial charge in [-0.2, -0.15) is 4.99 Å². The molecule has 1 aromatic carbocycles. The number of carbonyl (C=O) groups is 1. The molecule has 130 valence electrons. The summed E-state index contributed by atoms with van der Waals surface area (Å²) < 4.78 is 16.3. The van der Waals surface area contributed by atoms with Crippen LogP contribution in [0.15, 0.2) is 40.8 Å². The summed E-state index contributed by atoms with van der Waals surface area (Å²) in [5, 5.41) is 12.6. The number of hydrogen-bond acceptors (Lipinski definition) is 4. The average molecular weight is 377 g/mol. The van der Waals surface area contributed by atoms with Crippen molar-refractivity contribution in [2.45, 2.75) is 19.2 Å². The van der Waals surface area contributed by atoms with Crippen LogP contribution in [-0.2, 0) is 6.61 Å². The molecule has 1 N–H and O–H groups in total. The van der Waals surface area contributed by atoms with Crippen LogP contribution in [0.1, 0.15) is 11.3 Å². The van der Waals surface area contributed by atoms with E-state index in [9.17, 15) is 14.3 Å². The van der Waals surface area contributed by atoms with Gasteiger partial charge in [0.1, 0.15) is 6.17 Å². The van der Waals surface area contributed by atoms with E-state index in [-0.39, 0.29) is 13.2 Å². The van der Waals surface area contributed by atoms with Gasteiger partial charge < -0.3 is 10.0 Å². The van der Waals surface area contributed by atoms with E-state index < -0.39 is 12.2 Å². The maximum Gasteiger partial charge on any atom is 0.346 e. The molecule has 1 saturated heterocycles.